The second-order valence-corrected chi connectivity index (χ2v) is 3.56. The topological polar surface area (TPSA) is 114 Å². The summed E-state index contributed by atoms with van der Waals surface area (Å²) in [4.78, 5) is 18.3. The summed E-state index contributed by atoms with van der Waals surface area (Å²) in [5.74, 6) is -0.414. The van der Waals surface area contributed by atoms with Crippen molar-refractivity contribution in [3.8, 4) is 0 Å². The van der Waals surface area contributed by atoms with E-state index in [2.05, 4.69) is 9.98 Å². The van der Waals surface area contributed by atoms with Crippen LogP contribution in [0.3, 0.4) is 0 Å². The third-order valence-electron chi connectivity index (χ3n) is 1.34. The van der Waals surface area contributed by atoms with Crippen LogP contribution in [-0.4, -0.2) is 34.0 Å². The van der Waals surface area contributed by atoms with Crippen molar-refractivity contribution in [1.82, 2.24) is 0 Å². The zero-order chi connectivity index (χ0) is 9.84. The van der Waals surface area contributed by atoms with Crippen LogP contribution in [-0.2, 0) is 4.79 Å². The smallest absolute Gasteiger partial charge is 0.261 e. The third kappa shape index (κ3) is 2.71. The molecule has 1 heterocycles. The Balaban J connectivity index is 2.60. The SMILES string of the molecule is NC(N)=NC1=NC(=O)C(CCO)S1. The van der Waals surface area contributed by atoms with Gasteiger partial charge in [-0.2, -0.15) is 9.98 Å². The van der Waals surface area contributed by atoms with E-state index < -0.39 is 0 Å². The maximum atomic E-state index is 11.1. The van der Waals surface area contributed by atoms with Crippen LogP contribution in [0.15, 0.2) is 9.98 Å². The molecule has 1 aliphatic rings. The summed E-state index contributed by atoms with van der Waals surface area (Å²) < 4.78 is 0. The molecule has 13 heavy (non-hydrogen) atoms. The van der Waals surface area contributed by atoms with E-state index in [9.17, 15) is 4.79 Å². The van der Waals surface area contributed by atoms with Gasteiger partial charge in [-0.3, -0.25) is 4.79 Å². The van der Waals surface area contributed by atoms with E-state index in [0.717, 1.165) is 11.8 Å². The third-order valence-corrected chi connectivity index (χ3v) is 2.46. The van der Waals surface area contributed by atoms with Crippen LogP contribution in [0.2, 0.25) is 0 Å². The second kappa shape index (κ2) is 4.24. The lowest BCUT2D eigenvalue weighted by molar-refractivity contribution is -0.117. The summed E-state index contributed by atoms with van der Waals surface area (Å²) in [7, 11) is 0. The Morgan fingerprint density at radius 2 is 2.38 bits per heavy atom. The van der Waals surface area contributed by atoms with Crippen molar-refractivity contribution < 1.29 is 9.90 Å². The Labute approximate surface area is 79.1 Å². The highest BCUT2D eigenvalue weighted by atomic mass is 32.2. The van der Waals surface area contributed by atoms with Gasteiger partial charge >= 0.3 is 0 Å². The first-order valence-corrected chi connectivity index (χ1v) is 4.51. The number of thioether (sulfide) groups is 1. The number of guanidine groups is 1. The summed E-state index contributed by atoms with van der Waals surface area (Å²) >= 11 is 1.16. The molecule has 0 aromatic heterocycles. The number of amides is 1. The fourth-order valence-electron chi connectivity index (χ4n) is 0.832. The van der Waals surface area contributed by atoms with Crippen LogP contribution < -0.4 is 11.5 Å². The highest BCUT2D eigenvalue weighted by molar-refractivity contribution is 8.15. The highest BCUT2D eigenvalue weighted by Crippen LogP contribution is 2.25. The summed E-state index contributed by atoms with van der Waals surface area (Å²) in [6.45, 7) is -0.0476. The van der Waals surface area contributed by atoms with E-state index >= 15 is 0 Å². The van der Waals surface area contributed by atoms with Crippen molar-refractivity contribution in [3.63, 3.8) is 0 Å². The van der Waals surface area contributed by atoms with Crippen molar-refractivity contribution in [2.24, 2.45) is 21.5 Å². The Bertz CT molecular complexity index is 272. The van der Waals surface area contributed by atoms with E-state index in [1.54, 1.807) is 0 Å². The van der Waals surface area contributed by atoms with Gasteiger partial charge in [0.05, 0.1) is 5.25 Å². The standard InChI is InChI=1S/C6H10N4O2S/c7-5(8)10-6-9-4(12)3(13-6)1-2-11/h3,11H,1-2H2,(H4,7,8,9,10,12). The number of amidine groups is 1. The monoisotopic (exact) mass is 202 g/mol. The molecule has 0 aromatic carbocycles. The van der Waals surface area contributed by atoms with Crippen molar-refractivity contribution in [2.45, 2.75) is 11.7 Å². The van der Waals surface area contributed by atoms with Gasteiger partial charge in [0.15, 0.2) is 11.1 Å². The Morgan fingerprint density at radius 3 is 2.92 bits per heavy atom. The summed E-state index contributed by atoms with van der Waals surface area (Å²) in [5.41, 5.74) is 10.2. The number of nitrogens with zero attached hydrogens (tertiary/aromatic N) is 2. The van der Waals surface area contributed by atoms with Crippen molar-refractivity contribution >= 4 is 28.8 Å². The highest BCUT2D eigenvalue weighted by Gasteiger charge is 2.27. The van der Waals surface area contributed by atoms with Gasteiger partial charge in [0.25, 0.3) is 5.91 Å². The number of rotatable bonds is 2. The predicted molar refractivity (Wildman–Crippen MR) is 51.3 cm³/mol. The number of aliphatic hydroxyl groups is 1. The van der Waals surface area contributed by atoms with Gasteiger partial charge in [-0.25, -0.2) is 0 Å². The van der Waals surface area contributed by atoms with Crippen LogP contribution in [0, 0.1) is 0 Å². The molecule has 0 fully saturated rings. The molecule has 72 valence electrons. The quantitative estimate of drug-likeness (QED) is 0.378. The van der Waals surface area contributed by atoms with Gasteiger partial charge in [-0.15, -0.1) is 0 Å². The first-order chi connectivity index (χ1) is 6.13. The average Bonchev–Trinajstić information content (AvgIpc) is 2.31. The molecule has 0 radical (unpaired) electrons. The van der Waals surface area contributed by atoms with Gasteiger partial charge < -0.3 is 16.6 Å². The molecular formula is C6H10N4O2S. The lowest BCUT2D eigenvalue weighted by Crippen LogP contribution is -2.23. The van der Waals surface area contributed by atoms with Crippen molar-refractivity contribution in [1.29, 1.82) is 0 Å². The van der Waals surface area contributed by atoms with Gasteiger partial charge in [0.1, 0.15) is 0 Å². The summed E-state index contributed by atoms with van der Waals surface area (Å²) in [6.07, 6.45) is 0.372. The zero-order valence-electron chi connectivity index (χ0n) is 6.80. The minimum Gasteiger partial charge on any atom is -0.396 e. The molecule has 0 aromatic rings. The first-order valence-electron chi connectivity index (χ1n) is 3.63. The van der Waals surface area contributed by atoms with Crippen molar-refractivity contribution in [3.05, 3.63) is 0 Å². The normalized spacial score (nSPS) is 21.5. The largest absolute Gasteiger partial charge is 0.396 e. The molecule has 1 aliphatic heterocycles. The lowest BCUT2D eigenvalue weighted by atomic mass is 10.3. The average molecular weight is 202 g/mol. The van der Waals surface area contributed by atoms with E-state index in [1.807, 2.05) is 0 Å². The minimum absolute atomic E-state index is 0.0476. The second-order valence-electron chi connectivity index (χ2n) is 2.39. The molecule has 0 saturated heterocycles. The number of aliphatic hydroxyl groups excluding tert-OH is 1. The van der Waals surface area contributed by atoms with Crippen LogP contribution in [0.4, 0.5) is 0 Å². The number of aliphatic imine (C=N–C) groups is 2. The summed E-state index contributed by atoms with van der Waals surface area (Å²) in [6, 6.07) is 0. The molecule has 5 N–H and O–H groups in total. The Kier molecular flexibility index (Phi) is 3.26. The van der Waals surface area contributed by atoms with E-state index in [0.29, 0.717) is 6.42 Å². The van der Waals surface area contributed by atoms with Crippen LogP contribution in [0.5, 0.6) is 0 Å². The lowest BCUT2D eigenvalue weighted by Gasteiger charge is -2.00. The molecule has 0 spiro atoms. The molecule has 1 amide bonds. The fraction of sp³-hybridized carbons (Fsp3) is 0.500. The minimum atomic E-state index is -0.344. The molecule has 1 unspecified atom stereocenters. The van der Waals surface area contributed by atoms with E-state index in [-0.39, 0.29) is 28.9 Å². The predicted octanol–water partition coefficient (Wildman–Crippen LogP) is -1.36. The number of carbonyl (C=O) groups excluding carboxylic acids is 1. The number of carbonyl (C=O) groups is 1. The summed E-state index contributed by atoms with van der Waals surface area (Å²) in [5, 5.41) is 8.53. The fourth-order valence-corrected chi connectivity index (χ4v) is 1.76. The number of nitrogens with two attached hydrogens (primary N) is 2. The van der Waals surface area contributed by atoms with Crippen LogP contribution in [0.1, 0.15) is 6.42 Å². The maximum absolute atomic E-state index is 11.1. The molecular weight excluding hydrogens is 192 g/mol. The Morgan fingerprint density at radius 1 is 1.69 bits per heavy atom. The van der Waals surface area contributed by atoms with Crippen molar-refractivity contribution in [2.75, 3.05) is 6.61 Å². The van der Waals surface area contributed by atoms with Gasteiger partial charge in [-0.05, 0) is 6.42 Å². The van der Waals surface area contributed by atoms with Crippen LogP contribution >= 0.6 is 11.8 Å². The van der Waals surface area contributed by atoms with Gasteiger partial charge in [0, 0.05) is 6.61 Å². The first kappa shape index (κ1) is 10.0. The van der Waals surface area contributed by atoms with Gasteiger partial charge in [0.2, 0.25) is 0 Å². The molecule has 1 atom stereocenters. The molecule has 0 bridgehead atoms. The van der Waals surface area contributed by atoms with Gasteiger partial charge in [-0.1, -0.05) is 11.8 Å². The van der Waals surface area contributed by atoms with E-state index in [1.165, 1.54) is 0 Å². The number of hydrogen-bond donors (Lipinski definition) is 3. The number of hydrogen-bond acceptors (Lipinski definition) is 4. The Hall–Kier alpha value is -1.08. The molecule has 6 nitrogen and oxygen atoms in total. The van der Waals surface area contributed by atoms with Crippen LogP contribution in [0.25, 0.3) is 0 Å². The maximum Gasteiger partial charge on any atom is 0.261 e. The zero-order valence-corrected chi connectivity index (χ0v) is 7.62. The molecule has 0 aliphatic carbocycles. The molecule has 7 heteroatoms. The molecule has 1 rings (SSSR count). The molecule has 0 saturated carbocycles. The van der Waals surface area contributed by atoms with E-state index in [4.69, 9.17) is 16.6 Å².